The lowest BCUT2D eigenvalue weighted by atomic mass is 10.2. The van der Waals surface area contributed by atoms with E-state index in [1.54, 1.807) is 6.20 Å². The average molecular weight is 258 g/mol. The molecular weight excluding hydrogens is 240 g/mol. The van der Waals surface area contributed by atoms with E-state index < -0.39 is 0 Å². The van der Waals surface area contributed by atoms with Gasteiger partial charge in [-0.05, 0) is 12.6 Å². The molecule has 0 saturated carbocycles. The van der Waals surface area contributed by atoms with Gasteiger partial charge < -0.3 is 15.2 Å². The fourth-order valence-corrected chi connectivity index (χ4v) is 1.82. The van der Waals surface area contributed by atoms with E-state index in [2.05, 4.69) is 15.6 Å². The number of carbonyl (C=O) groups is 1. The van der Waals surface area contributed by atoms with Crippen LogP contribution >= 0.6 is 0 Å². The van der Waals surface area contributed by atoms with Crippen LogP contribution in [0.3, 0.4) is 0 Å². The highest BCUT2D eigenvalue weighted by atomic mass is 16.1. The normalized spacial score (nSPS) is 10.4. The Labute approximate surface area is 112 Å². The molecule has 0 atom stereocenters. The van der Waals surface area contributed by atoms with Crippen LogP contribution in [0.5, 0.6) is 0 Å². The fraction of sp³-hybridized carbons (Fsp3) is 0.286. The number of nitrogens with one attached hydrogen (secondary N) is 2. The second kappa shape index (κ2) is 6.70. The summed E-state index contributed by atoms with van der Waals surface area (Å²) in [6.07, 6.45) is 3.52. The Morgan fingerprint density at radius 1 is 1.26 bits per heavy atom. The summed E-state index contributed by atoms with van der Waals surface area (Å²) in [6, 6.07) is 9.86. The van der Waals surface area contributed by atoms with E-state index in [0.29, 0.717) is 19.6 Å². The van der Waals surface area contributed by atoms with Gasteiger partial charge in [-0.2, -0.15) is 0 Å². The molecule has 100 valence electrons. The number of imidazole rings is 1. The smallest absolute Gasteiger partial charge is 0.240 e. The van der Waals surface area contributed by atoms with Gasteiger partial charge in [-0.3, -0.25) is 4.79 Å². The van der Waals surface area contributed by atoms with Crippen LogP contribution in [0.25, 0.3) is 0 Å². The Bertz CT molecular complexity index is 521. The molecule has 2 N–H and O–H groups in total. The molecule has 5 heteroatoms. The summed E-state index contributed by atoms with van der Waals surface area (Å²) in [5.74, 6) is 0.844. The highest BCUT2D eigenvalue weighted by molar-refractivity contribution is 5.75. The summed E-state index contributed by atoms with van der Waals surface area (Å²) in [6.45, 7) is 1.50. The van der Waals surface area contributed by atoms with E-state index in [-0.39, 0.29) is 5.91 Å². The fourth-order valence-electron chi connectivity index (χ4n) is 1.82. The summed E-state index contributed by atoms with van der Waals surface area (Å²) in [7, 11) is 1.86. The molecule has 0 fully saturated rings. The van der Waals surface area contributed by atoms with Crippen molar-refractivity contribution in [3.63, 3.8) is 0 Å². The van der Waals surface area contributed by atoms with Crippen LogP contribution in [-0.4, -0.2) is 22.5 Å². The highest BCUT2D eigenvalue weighted by Crippen LogP contribution is 1.99. The summed E-state index contributed by atoms with van der Waals surface area (Å²) in [5, 5.41) is 5.93. The molecule has 0 aliphatic carbocycles. The van der Waals surface area contributed by atoms with Crippen LogP contribution < -0.4 is 10.6 Å². The number of amides is 1. The van der Waals surface area contributed by atoms with Crippen LogP contribution in [-0.2, 0) is 24.4 Å². The lowest BCUT2D eigenvalue weighted by Gasteiger charge is -2.08. The first kappa shape index (κ1) is 13.3. The summed E-state index contributed by atoms with van der Waals surface area (Å²) in [4.78, 5) is 16.1. The number of rotatable bonds is 6. The van der Waals surface area contributed by atoms with Gasteiger partial charge in [-0.25, -0.2) is 4.98 Å². The first-order valence-corrected chi connectivity index (χ1v) is 6.25. The van der Waals surface area contributed by atoms with E-state index in [4.69, 9.17) is 0 Å². The van der Waals surface area contributed by atoms with Crippen molar-refractivity contribution in [1.82, 2.24) is 20.2 Å². The van der Waals surface area contributed by atoms with E-state index in [9.17, 15) is 4.79 Å². The van der Waals surface area contributed by atoms with Crippen molar-refractivity contribution in [3.05, 3.63) is 54.1 Å². The van der Waals surface area contributed by atoms with Crippen LogP contribution in [0.1, 0.15) is 11.4 Å². The maximum Gasteiger partial charge on any atom is 0.240 e. The number of nitrogens with zero attached hydrogens (tertiary/aromatic N) is 2. The van der Waals surface area contributed by atoms with E-state index in [1.165, 1.54) is 0 Å². The Morgan fingerprint density at radius 3 is 2.79 bits per heavy atom. The molecule has 0 aliphatic heterocycles. The van der Waals surface area contributed by atoms with E-state index in [1.807, 2.05) is 48.1 Å². The van der Waals surface area contributed by atoms with Crippen molar-refractivity contribution in [2.75, 3.05) is 7.05 Å². The Hall–Kier alpha value is -2.14. The zero-order chi connectivity index (χ0) is 13.5. The minimum atomic E-state index is -0.0146. The molecule has 0 spiro atoms. The van der Waals surface area contributed by atoms with Crippen LogP contribution in [0, 0.1) is 0 Å². The molecule has 0 saturated heterocycles. The quantitative estimate of drug-likeness (QED) is 0.810. The van der Waals surface area contributed by atoms with Crippen LogP contribution in [0.4, 0.5) is 0 Å². The van der Waals surface area contributed by atoms with Crippen molar-refractivity contribution in [1.29, 1.82) is 0 Å². The predicted molar refractivity (Wildman–Crippen MR) is 73.3 cm³/mol. The van der Waals surface area contributed by atoms with Crippen molar-refractivity contribution in [2.45, 2.75) is 19.6 Å². The largest absolute Gasteiger partial charge is 0.350 e. The summed E-state index contributed by atoms with van der Waals surface area (Å²) >= 11 is 0. The van der Waals surface area contributed by atoms with Crippen LogP contribution in [0.15, 0.2) is 42.7 Å². The van der Waals surface area contributed by atoms with Gasteiger partial charge in [0.25, 0.3) is 0 Å². The molecule has 1 aromatic heterocycles. The zero-order valence-electron chi connectivity index (χ0n) is 11.0. The number of hydrogen-bond donors (Lipinski definition) is 2. The molecule has 0 aliphatic rings. The monoisotopic (exact) mass is 258 g/mol. The van der Waals surface area contributed by atoms with E-state index in [0.717, 1.165) is 11.4 Å². The Morgan fingerprint density at radius 2 is 2.05 bits per heavy atom. The Kier molecular flexibility index (Phi) is 4.69. The minimum absolute atomic E-state index is 0.0146. The first-order valence-electron chi connectivity index (χ1n) is 6.25. The van der Waals surface area contributed by atoms with Gasteiger partial charge in [0, 0.05) is 18.9 Å². The van der Waals surface area contributed by atoms with Gasteiger partial charge in [0.2, 0.25) is 5.91 Å². The van der Waals surface area contributed by atoms with Gasteiger partial charge in [0.1, 0.15) is 12.4 Å². The molecule has 0 bridgehead atoms. The standard InChI is InChI=1S/C14H18N4O/c1-15-10-13-16-7-8-18(13)11-14(19)17-9-12-5-3-2-4-6-12/h2-8,15H,9-11H2,1H3,(H,17,19). The second-order valence-corrected chi connectivity index (χ2v) is 4.26. The van der Waals surface area contributed by atoms with Crippen molar-refractivity contribution in [2.24, 2.45) is 0 Å². The summed E-state index contributed by atoms with van der Waals surface area (Å²) < 4.78 is 1.84. The first-order chi connectivity index (χ1) is 9.29. The van der Waals surface area contributed by atoms with Gasteiger partial charge in [0.05, 0.1) is 6.54 Å². The molecule has 1 aromatic carbocycles. The predicted octanol–water partition coefficient (Wildman–Crippen LogP) is 0.919. The molecule has 0 unspecified atom stereocenters. The highest BCUT2D eigenvalue weighted by Gasteiger charge is 2.06. The lowest BCUT2D eigenvalue weighted by Crippen LogP contribution is -2.28. The van der Waals surface area contributed by atoms with Crippen molar-refractivity contribution < 1.29 is 4.79 Å². The number of carbonyl (C=O) groups excluding carboxylic acids is 1. The minimum Gasteiger partial charge on any atom is -0.350 e. The second-order valence-electron chi connectivity index (χ2n) is 4.26. The molecule has 19 heavy (non-hydrogen) atoms. The number of hydrogen-bond acceptors (Lipinski definition) is 3. The van der Waals surface area contributed by atoms with E-state index >= 15 is 0 Å². The number of aromatic nitrogens is 2. The third kappa shape index (κ3) is 3.93. The third-order valence-corrected chi connectivity index (χ3v) is 2.78. The van der Waals surface area contributed by atoms with Gasteiger partial charge in [-0.15, -0.1) is 0 Å². The maximum absolute atomic E-state index is 11.9. The molecule has 2 aromatic rings. The lowest BCUT2D eigenvalue weighted by molar-refractivity contribution is -0.121. The molecule has 2 rings (SSSR count). The van der Waals surface area contributed by atoms with Gasteiger partial charge in [-0.1, -0.05) is 30.3 Å². The van der Waals surface area contributed by atoms with Crippen LogP contribution in [0.2, 0.25) is 0 Å². The molecule has 1 heterocycles. The molecule has 0 radical (unpaired) electrons. The Balaban J connectivity index is 1.85. The molecule has 1 amide bonds. The molecule has 5 nitrogen and oxygen atoms in total. The SMILES string of the molecule is CNCc1nccn1CC(=O)NCc1ccccc1. The number of benzene rings is 1. The maximum atomic E-state index is 11.9. The third-order valence-electron chi connectivity index (χ3n) is 2.78. The topological polar surface area (TPSA) is 59.0 Å². The van der Waals surface area contributed by atoms with Crippen molar-refractivity contribution >= 4 is 5.91 Å². The summed E-state index contributed by atoms with van der Waals surface area (Å²) in [5.41, 5.74) is 1.09. The van der Waals surface area contributed by atoms with Gasteiger partial charge in [0.15, 0.2) is 0 Å². The molecular formula is C14H18N4O. The average Bonchev–Trinajstić information content (AvgIpc) is 2.85. The zero-order valence-corrected chi connectivity index (χ0v) is 11.0. The van der Waals surface area contributed by atoms with Gasteiger partial charge >= 0.3 is 0 Å². The van der Waals surface area contributed by atoms with Crippen molar-refractivity contribution in [3.8, 4) is 0 Å².